The summed E-state index contributed by atoms with van der Waals surface area (Å²) in [5.41, 5.74) is 0. The predicted octanol–water partition coefficient (Wildman–Crippen LogP) is 1.31. The van der Waals surface area contributed by atoms with Gasteiger partial charge in [0.05, 0.1) is 6.67 Å². The SMILES string of the molecule is CN1CCCC(CCN2CCCN(C)C2)C1. The molecule has 2 heterocycles. The lowest BCUT2D eigenvalue weighted by molar-refractivity contribution is 0.0942. The molecule has 0 radical (unpaired) electrons. The Morgan fingerprint density at radius 1 is 1.00 bits per heavy atom. The lowest BCUT2D eigenvalue weighted by Gasteiger charge is -2.35. The molecule has 2 aliphatic heterocycles. The molecule has 16 heavy (non-hydrogen) atoms. The molecule has 1 unspecified atom stereocenters. The molecule has 0 aromatic heterocycles. The van der Waals surface area contributed by atoms with E-state index in [1.54, 1.807) is 0 Å². The van der Waals surface area contributed by atoms with Crippen molar-refractivity contribution >= 4 is 0 Å². The highest BCUT2D eigenvalue weighted by atomic mass is 15.3. The third-order valence-corrected chi connectivity index (χ3v) is 4.03. The van der Waals surface area contributed by atoms with Crippen LogP contribution in [0.25, 0.3) is 0 Å². The fourth-order valence-electron chi connectivity index (χ4n) is 3.10. The molecule has 0 saturated carbocycles. The smallest absolute Gasteiger partial charge is 0.0503 e. The van der Waals surface area contributed by atoms with Gasteiger partial charge in [0.1, 0.15) is 0 Å². The van der Waals surface area contributed by atoms with E-state index in [2.05, 4.69) is 28.8 Å². The fraction of sp³-hybridized carbons (Fsp3) is 1.00. The third kappa shape index (κ3) is 3.72. The van der Waals surface area contributed by atoms with Crippen LogP contribution in [0.15, 0.2) is 0 Å². The van der Waals surface area contributed by atoms with E-state index in [4.69, 9.17) is 0 Å². The molecule has 0 aromatic carbocycles. The van der Waals surface area contributed by atoms with Crippen molar-refractivity contribution < 1.29 is 0 Å². The van der Waals surface area contributed by atoms with Crippen molar-refractivity contribution in [1.29, 1.82) is 0 Å². The van der Waals surface area contributed by atoms with Gasteiger partial charge in [0.2, 0.25) is 0 Å². The molecule has 1 atom stereocenters. The lowest BCUT2D eigenvalue weighted by atomic mass is 9.95. The maximum atomic E-state index is 2.62. The van der Waals surface area contributed by atoms with Crippen molar-refractivity contribution in [2.24, 2.45) is 5.92 Å². The van der Waals surface area contributed by atoms with Crippen molar-refractivity contribution in [3.8, 4) is 0 Å². The van der Waals surface area contributed by atoms with Gasteiger partial charge in [-0.1, -0.05) is 0 Å². The molecule has 2 fully saturated rings. The first-order valence-electron chi connectivity index (χ1n) is 6.83. The first-order chi connectivity index (χ1) is 7.74. The van der Waals surface area contributed by atoms with E-state index < -0.39 is 0 Å². The molecular formula is C13H27N3. The average molecular weight is 225 g/mol. The molecular weight excluding hydrogens is 198 g/mol. The molecule has 3 nitrogen and oxygen atoms in total. The van der Waals surface area contributed by atoms with Gasteiger partial charge in [0.15, 0.2) is 0 Å². The van der Waals surface area contributed by atoms with Crippen LogP contribution in [0.4, 0.5) is 0 Å². The molecule has 0 aliphatic carbocycles. The summed E-state index contributed by atoms with van der Waals surface area (Å²) in [6.07, 6.45) is 5.61. The second-order valence-electron chi connectivity index (χ2n) is 5.75. The Labute approximate surface area is 100 Å². The van der Waals surface area contributed by atoms with Crippen molar-refractivity contribution in [2.75, 3.05) is 53.5 Å². The van der Waals surface area contributed by atoms with Crippen LogP contribution in [0, 0.1) is 5.92 Å². The molecule has 2 rings (SSSR count). The summed E-state index contributed by atoms with van der Waals surface area (Å²) in [4.78, 5) is 7.56. The Kier molecular flexibility index (Phi) is 4.62. The van der Waals surface area contributed by atoms with E-state index in [9.17, 15) is 0 Å². The van der Waals surface area contributed by atoms with Gasteiger partial charge in [0, 0.05) is 19.6 Å². The maximum Gasteiger partial charge on any atom is 0.0503 e. The van der Waals surface area contributed by atoms with Crippen LogP contribution in [-0.4, -0.2) is 68.2 Å². The van der Waals surface area contributed by atoms with E-state index in [0.29, 0.717) is 0 Å². The van der Waals surface area contributed by atoms with Crippen LogP contribution in [0.1, 0.15) is 25.7 Å². The quantitative estimate of drug-likeness (QED) is 0.717. The van der Waals surface area contributed by atoms with Crippen LogP contribution < -0.4 is 0 Å². The molecule has 94 valence electrons. The minimum Gasteiger partial charge on any atom is -0.306 e. The van der Waals surface area contributed by atoms with E-state index >= 15 is 0 Å². The molecule has 0 N–H and O–H groups in total. The van der Waals surface area contributed by atoms with E-state index in [1.807, 2.05) is 0 Å². The summed E-state index contributed by atoms with van der Waals surface area (Å²) in [6.45, 7) is 7.72. The minimum absolute atomic E-state index is 0.950. The highest BCUT2D eigenvalue weighted by Gasteiger charge is 2.19. The summed E-state index contributed by atoms with van der Waals surface area (Å²) < 4.78 is 0. The second-order valence-corrected chi connectivity index (χ2v) is 5.75. The number of hydrogen-bond donors (Lipinski definition) is 0. The largest absolute Gasteiger partial charge is 0.306 e. The summed E-state index contributed by atoms with van der Waals surface area (Å²) in [6, 6.07) is 0. The Balaban J connectivity index is 1.66. The molecule has 2 aliphatic rings. The normalized spacial score (nSPS) is 30.8. The van der Waals surface area contributed by atoms with E-state index in [0.717, 1.165) is 5.92 Å². The monoisotopic (exact) mass is 225 g/mol. The molecule has 0 spiro atoms. The highest BCUT2D eigenvalue weighted by molar-refractivity contribution is 4.73. The summed E-state index contributed by atoms with van der Waals surface area (Å²) in [5, 5.41) is 0. The zero-order chi connectivity index (χ0) is 11.4. The van der Waals surface area contributed by atoms with Crippen molar-refractivity contribution in [3.05, 3.63) is 0 Å². The average Bonchev–Trinajstić information content (AvgIpc) is 2.27. The number of rotatable bonds is 3. The zero-order valence-corrected chi connectivity index (χ0v) is 11.0. The molecule has 0 amide bonds. The van der Waals surface area contributed by atoms with Crippen molar-refractivity contribution in [1.82, 2.24) is 14.7 Å². The third-order valence-electron chi connectivity index (χ3n) is 4.03. The van der Waals surface area contributed by atoms with Gasteiger partial charge in [-0.3, -0.25) is 9.80 Å². The zero-order valence-electron chi connectivity index (χ0n) is 11.0. The van der Waals surface area contributed by atoms with Crippen LogP contribution in [-0.2, 0) is 0 Å². The standard InChI is InChI=1S/C13H27N3/c1-14-7-3-5-13(11-14)6-10-16-9-4-8-15(2)12-16/h13H,3-12H2,1-2H3. The summed E-state index contributed by atoms with van der Waals surface area (Å²) in [7, 11) is 4.50. The molecule has 3 heteroatoms. The number of hydrogen-bond acceptors (Lipinski definition) is 3. The van der Waals surface area contributed by atoms with Gasteiger partial charge in [-0.25, -0.2) is 0 Å². The van der Waals surface area contributed by atoms with Crippen LogP contribution in [0.3, 0.4) is 0 Å². The van der Waals surface area contributed by atoms with Gasteiger partial charge in [-0.2, -0.15) is 0 Å². The molecule has 2 saturated heterocycles. The number of piperidine rings is 1. The highest BCUT2D eigenvalue weighted by Crippen LogP contribution is 2.19. The Bertz CT molecular complexity index is 185. The Morgan fingerprint density at radius 2 is 1.81 bits per heavy atom. The van der Waals surface area contributed by atoms with E-state index in [1.165, 1.54) is 65.1 Å². The minimum atomic E-state index is 0.950. The van der Waals surface area contributed by atoms with Crippen LogP contribution in [0.5, 0.6) is 0 Å². The second kappa shape index (κ2) is 5.99. The lowest BCUT2D eigenvalue weighted by Crippen LogP contribution is -2.44. The molecule has 0 aromatic rings. The van der Waals surface area contributed by atoms with E-state index in [-0.39, 0.29) is 0 Å². The number of likely N-dealkylation sites (tertiary alicyclic amines) is 1. The fourth-order valence-corrected chi connectivity index (χ4v) is 3.10. The Morgan fingerprint density at radius 3 is 2.56 bits per heavy atom. The number of nitrogens with zero attached hydrogens (tertiary/aromatic N) is 3. The maximum absolute atomic E-state index is 2.62. The Hall–Kier alpha value is -0.120. The van der Waals surface area contributed by atoms with Crippen LogP contribution in [0.2, 0.25) is 0 Å². The van der Waals surface area contributed by atoms with Gasteiger partial charge in [-0.15, -0.1) is 0 Å². The predicted molar refractivity (Wildman–Crippen MR) is 68.5 cm³/mol. The summed E-state index contributed by atoms with van der Waals surface area (Å²) in [5.74, 6) is 0.950. The first-order valence-corrected chi connectivity index (χ1v) is 6.83. The molecule has 0 bridgehead atoms. The van der Waals surface area contributed by atoms with Gasteiger partial charge in [0.25, 0.3) is 0 Å². The first kappa shape index (κ1) is 12.3. The topological polar surface area (TPSA) is 9.72 Å². The van der Waals surface area contributed by atoms with Gasteiger partial charge >= 0.3 is 0 Å². The van der Waals surface area contributed by atoms with Gasteiger partial charge < -0.3 is 4.90 Å². The summed E-state index contributed by atoms with van der Waals surface area (Å²) >= 11 is 0. The van der Waals surface area contributed by atoms with Crippen molar-refractivity contribution in [2.45, 2.75) is 25.7 Å². The van der Waals surface area contributed by atoms with Crippen molar-refractivity contribution in [3.63, 3.8) is 0 Å². The van der Waals surface area contributed by atoms with Gasteiger partial charge in [-0.05, 0) is 58.8 Å². The van der Waals surface area contributed by atoms with Crippen LogP contribution >= 0.6 is 0 Å².